The number of nitrogens with zero attached hydrogens (tertiary/aromatic N) is 1. The molecular weight excluding hydrogens is 276 g/mol. The van der Waals surface area contributed by atoms with E-state index in [2.05, 4.69) is 0 Å². The highest BCUT2D eigenvalue weighted by molar-refractivity contribution is 6.31. The van der Waals surface area contributed by atoms with Gasteiger partial charge in [-0.05, 0) is 38.8 Å². The summed E-state index contributed by atoms with van der Waals surface area (Å²) in [5, 5.41) is 0.628. The smallest absolute Gasteiger partial charge is 0.410 e. The van der Waals surface area contributed by atoms with Gasteiger partial charge in [0.25, 0.3) is 0 Å². The molecule has 2 N–H and O–H groups in total. The fourth-order valence-corrected chi connectivity index (χ4v) is 2.70. The molecular formula is C15H21ClN2O2. The molecule has 20 heavy (non-hydrogen) atoms. The highest BCUT2D eigenvalue weighted by Gasteiger charge is 2.39. The molecule has 0 aromatic heterocycles. The molecule has 1 saturated heterocycles. The van der Waals surface area contributed by atoms with Crippen molar-refractivity contribution in [2.45, 2.75) is 44.9 Å². The van der Waals surface area contributed by atoms with Gasteiger partial charge in [0, 0.05) is 17.6 Å². The molecule has 0 bridgehead atoms. The van der Waals surface area contributed by atoms with Crippen LogP contribution in [-0.4, -0.2) is 29.2 Å². The molecule has 2 atom stereocenters. The predicted molar refractivity (Wildman–Crippen MR) is 79.7 cm³/mol. The van der Waals surface area contributed by atoms with Crippen molar-refractivity contribution in [2.75, 3.05) is 6.54 Å². The van der Waals surface area contributed by atoms with E-state index in [1.54, 1.807) is 4.90 Å². The van der Waals surface area contributed by atoms with E-state index in [4.69, 9.17) is 22.1 Å². The maximum atomic E-state index is 12.3. The van der Waals surface area contributed by atoms with Crippen LogP contribution in [0.2, 0.25) is 5.02 Å². The zero-order valence-electron chi connectivity index (χ0n) is 12.1. The third-order valence-electron chi connectivity index (χ3n) is 3.30. The zero-order valence-corrected chi connectivity index (χ0v) is 12.9. The van der Waals surface area contributed by atoms with Crippen molar-refractivity contribution in [3.05, 3.63) is 34.9 Å². The van der Waals surface area contributed by atoms with E-state index in [9.17, 15) is 4.79 Å². The lowest BCUT2D eigenvalue weighted by Crippen LogP contribution is -2.39. The first-order chi connectivity index (χ1) is 9.29. The Labute approximate surface area is 124 Å². The van der Waals surface area contributed by atoms with Crippen LogP contribution in [0.1, 0.15) is 38.8 Å². The molecule has 4 nitrogen and oxygen atoms in total. The Hall–Kier alpha value is -1.26. The molecule has 1 heterocycles. The number of hydrogen-bond donors (Lipinski definition) is 1. The van der Waals surface area contributed by atoms with Crippen molar-refractivity contribution in [3.8, 4) is 0 Å². The number of benzene rings is 1. The summed E-state index contributed by atoms with van der Waals surface area (Å²) in [6.07, 6.45) is 0.408. The van der Waals surface area contributed by atoms with Crippen LogP contribution in [0.5, 0.6) is 0 Å². The number of nitrogens with two attached hydrogens (primary N) is 1. The van der Waals surface area contributed by atoms with Crippen molar-refractivity contribution in [2.24, 2.45) is 5.73 Å². The predicted octanol–water partition coefficient (Wildman–Crippen LogP) is 3.35. The van der Waals surface area contributed by atoms with Crippen molar-refractivity contribution in [3.63, 3.8) is 0 Å². The standard InChI is InChI=1S/C15H21ClN2O2/c1-15(2,3)20-14(19)18-9-8-12(17)13(18)10-6-4-5-7-11(10)16/h4-7,12-13H,8-9,17H2,1-3H3. The average Bonchev–Trinajstić information content (AvgIpc) is 2.70. The zero-order chi connectivity index (χ0) is 14.9. The van der Waals surface area contributed by atoms with Crippen LogP contribution in [0.15, 0.2) is 24.3 Å². The van der Waals surface area contributed by atoms with Gasteiger partial charge in [0.15, 0.2) is 0 Å². The molecule has 1 amide bonds. The van der Waals surface area contributed by atoms with Gasteiger partial charge in [0.05, 0.1) is 6.04 Å². The Morgan fingerprint density at radius 1 is 1.40 bits per heavy atom. The van der Waals surface area contributed by atoms with Crippen LogP contribution in [0.25, 0.3) is 0 Å². The molecule has 1 aromatic rings. The van der Waals surface area contributed by atoms with Gasteiger partial charge in [-0.25, -0.2) is 4.79 Å². The van der Waals surface area contributed by atoms with Crippen LogP contribution in [-0.2, 0) is 4.74 Å². The second-order valence-electron chi connectivity index (χ2n) is 6.09. The van der Waals surface area contributed by atoms with Gasteiger partial charge < -0.3 is 10.5 Å². The largest absolute Gasteiger partial charge is 0.444 e. The van der Waals surface area contributed by atoms with Crippen LogP contribution in [0, 0.1) is 0 Å². The number of rotatable bonds is 1. The minimum absolute atomic E-state index is 0.123. The van der Waals surface area contributed by atoms with Gasteiger partial charge in [-0.3, -0.25) is 4.90 Å². The van der Waals surface area contributed by atoms with Crippen LogP contribution >= 0.6 is 11.6 Å². The fraction of sp³-hybridized carbons (Fsp3) is 0.533. The Morgan fingerprint density at radius 2 is 2.05 bits per heavy atom. The summed E-state index contributed by atoms with van der Waals surface area (Å²) in [5.41, 5.74) is 6.52. The first-order valence-corrected chi connectivity index (χ1v) is 7.17. The van der Waals surface area contributed by atoms with Gasteiger partial charge in [0.1, 0.15) is 5.60 Å². The number of hydrogen-bond acceptors (Lipinski definition) is 3. The number of halogens is 1. The minimum Gasteiger partial charge on any atom is -0.444 e. The van der Waals surface area contributed by atoms with E-state index in [-0.39, 0.29) is 18.2 Å². The topological polar surface area (TPSA) is 55.6 Å². The number of carbonyl (C=O) groups excluding carboxylic acids is 1. The highest BCUT2D eigenvalue weighted by atomic mass is 35.5. The van der Waals surface area contributed by atoms with Crippen molar-refractivity contribution in [1.82, 2.24) is 4.90 Å². The van der Waals surface area contributed by atoms with E-state index in [1.165, 1.54) is 0 Å². The summed E-state index contributed by atoms with van der Waals surface area (Å²) in [6.45, 7) is 6.15. The number of likely N-dealkylation sites (tertiary alicyclic amines) is 1. The van der Waals surface area contributed by atoms with Crippen LogP contribution < -0.4 is 5.73 Å². The molecule has 1 aliphatic heterocycles. The molecule has 2 rings (SSSR count). The normalized spacial score (nSPS) is 22.9. The Kier molecular flexibility index (Phi) is 4.25. The molecule has 0 saturated carbocycles. The van der Waals surface area contributed by atoms with Gasteiger partial charge in [-0.1, -0.05) is 29.8 Å². The summed E-state index contributed by atoms with van der Waals surface area (Å²) >= 11 is 6.24. The number of amides is 1. The molecule has 1 aromatic carbocycles. The van der Waals surface area contributed by atoms with Gasteiger partial charge in [-0.2, -0.15) is 0 Å². The summed E-state index contributed by atoms with van der Waals surface area (Å²) in [4.78, 5) is 14.0. The molecule has 2 unspecified atom stereocenters. The highest BCUT2D eigenvalue weighted by Crippen LogP contribution is 2.35. The van der Waals surface area contributed by atoms with E-state index >= 15 is 0 Å². The molecule has 110 valence electrons. The van der Waals surface area contributed by atoms with Gasteiger partial charge in [0.2, 0.25) is 0 Å². The van der Waals surface area contributed by atoms with Crippen molar-refractivity contribution < 1.29 is 9.53 Å². The van der Waals surface area contributed by atoms with Crippen molar-refractivity contribution >= 4 is 17.7 Å². The molecule has 5 heteroatoms. The summed E-state index contributed by atoms with van der Waals surface area (Å²) < 4.78 is 5.45. The van der Waals surface area contributed by atoms with Crippen LogP contribution in [0.4, 0.5) is 4.79 Å². The second kappa shape index (κ2) is 5.62. The first-order valence-electron chi connectivity index (χ1n) is 6.79. The monoisotopic (exact) mass is 296 g/mol. The van der Waals surface area contributed by atoms with Gasteiger partial charge >= 0.3 is 6.09 Å². The quantitative estimate of drug-likeness (QED) is 0.864. The van der Waals surface area contributed by atoms with E-state index in [0.29, 0.717) is 11.6 Å². The third kappa shape index (κ3) is 3.25. The van der Waals surface area contributed by atoms with E-state index in [0.717, 1.165) is 12.0 Å². The summed E-state index contributed by atoms with van der Waals surface area (Å²) in [7, 11) is 0. The maximum Gasteiger partial charge on any atom is 0.410 e. The SMILES string of the molecule is CC(C)(C)OC(=O)N1CCC(N)C1c1ccccc1Cl. The third-order valence-corrected chi connectivity index (χ3v) is 3.64. The maximum absolute atomic E-state index is 12.3. The van der Waals surface area contributed by atoms with E-state index < -0.39 is 5.60 Å². The number of ether oxygens (including phenoxy) is 1. The lowest BCUT2D eigenvalue weighted by atomic mass is 10.0. The fourth-order valence-electron chi connectivity index (χ4n) is 2.46. The second-order valence-corrected chi connectivity index (χ2v) is 6.50. The molecule has 0 aliphatic carbocycles. The van der Waals surface area contributed by atoms with E-state index in [1.807, 2.05) is 45.0 Å². The average molecular weight is 297 g/mol. The first kappa shape index (κ1) is 15.1. The molecule has 1 fully saturated rings. The Morgan fingerprint density at radius 3 is 2.65 bits per heavy atom. The Balaban J connectivity index is 2.26. The summed E-state index contributed by atoms with van der Waals surface area (Å²) in [6, 6.07) is 7.15. The molecule has 0 radical (unpaired) electrons. The molecule has 1 aliphatic rings. The van der Waals surface area contributed by atoms with Gasteiger partial charge in [-0.15, -0.1) is 0 Å². The van der Waals surface area contributed by atoms with Crippen molar-refractivity contribution in [1.29, 1.82) is 0 Å². The Bertz CT molecular complexity index is 499. The molecule has 0 spiro atoms. The van der Waals surface area contributed by atoms with Crippen LogP contribution in [0.3, 0.4) is 0 Å². The minimum atomic E-state index is -0.519. The summed E-state index contributed by atoms with van der Waals surface area (Å²) in [5.74, 6) is 0. The lowest BCUT2D eigenvalue weighted by Gasteiger charge is -2.30. The number of carbonyl (C=O) groups is 1. The lowest BCUT2D eigenvalue weighted by molar-refractivity contribution is 0.0218.